The molecule has 0 atom stereocenters. The lowest BCUT2D eigenvalue weighted by Crippen LogP contribution is -2.07. The van der Waals surface area contributed by atoms with E-state index in [1.165, 1.54) is 11.3 Å². The van der Waals surface area contributed by atoms with E-state index in [0.717, 1.165) is 30.9 Å². The van der Waals surface area contributed by atoms with Crippen LogP contribution in [0, 0.1) is 6.92 Å². The Kier molecular flexibility index (Phi) is 5.10. The summed E-state index contributed by atoms with van der Waals surface area (Å²) in [6.45, 7) is 8.94. The fourth-order valence-electron chi connectivity index (χ4n) is 2.35. The highest BCUT2D eigenvalue weighted by Crippen LogP contribution is 2.22. The maximum Gasteiger partial charge on any atom is 0.119 e. The van der Waals surface area contributed by atoms with Crippen molar-refractivity contribution in [1.82, 2.24) is 4.57 Å². The summed E-state index contributed by atoms with van der Waals surface area (Å²) in [5.41, 5.74) is 3.70. The van der Waals surface area contributed by atoms with Gasteiger partial charge in [-0.1, -0.05) is 6.92 Å². The van der Waals surface area contributed by atoms with Gasteiger partial charge in [-0.2, -0.15) is 0 Å². The Morgan fingerprint density at radius 3 is 2.75 bits per heavy atom. The topological polar surface area (TPSA) is 26.2 Å². The van der Waals surface area contributed by atoms with E-state index >= 15 is 0 Å². The van der Waals surface area contributed by atoms with E-state index < -0.39 is 0 Å². The molecule has 0 bridgehead atoms. The molecule has 20 heavy (non-hydrogen) atoms. The minimum absolute atomic E-state index is 0.705. The molecule has 0 saturated heterocycles. The average molecular weight is 272 g/mol. The zero-order valence-electron chi connectivity index (χ0n) is 12.6. The minimum Gasteiger partial charge on any atom is -0.494 e. The quantitative estimate of drug-likeness (QED) is 0.817. The van der Waals surface area contributed by atoms with Gasteiger partial charge in [0, 0.05) is 24.1 Å². The number of rotatable bonds is 7. The number of anilines is 1. The smallest absolute Gasteiger partial charge is 0.119 e. The summed E-state index contributed by atoms with van der Waals surface area (Å²) >= 11 is 0. The van der Waals surface area contributed by atoms with Crippen molar-refractivity contribution >= 4 is 5.69 Å². The van der Waals surface area contributed by atoms with Gasteiger partial charge in [-0.3, -0.25) is 0 Å². The number of ether oxygens (including phenoxy) is 1. The average Bonchev–Trinajstić information content (AvgIpc) is 2.86. The second kappa shape index (κ2) is 7.04. The Balaban J connectivity index is 2.01. The van der Waals surface area contributed by atoms with E-state index in [2.05, 4.69) is 54.2 Å². The van der Waals surface area contributed by atoms with Crippen molar-refractivity contribution in [2.24, 2.45) is 0 Å². The number of nitrogens with one attached hydrogen (secondary N) is 1. The Hall–Kier alpha value is -1.90. The summed E-state index contributed by atoms with van der Waals surface area (Å²) in [4.78, 5) is 0. The molecule has 1 N–H and O–H groups in total. The van der Waals surface area contributed by atoms with E-state index in [1.54, 1.807) is 0 Å². The Bertz CT molecular complexity index is 546. The predicted molar refractivity (Wildman–Crippen MR) is 84.4 cm³/mol. The second-order valence-electron chi connectivity index (χ2n) is 4.96. The van der Waals surface area contributed by atoms with Crippen LogP contribution in [0.5, 0.6) is 5.75 Å². The van der Waals surface area contributed by atoms with Crippen molar-refractivity contribution in [3.8, 4) is 5.75 Å². The predicted octanol–water partition coefficient (Wildman–Crippen LogP) is 4.22. The summed E-state index contributed by atoms with van der Waals surface area (Å²) in [5, 5.41) is 3.51. The molecule has 108 valence electrons. The summed E-state index contributed by atoms with van der Waals surface area (Å²) in [6.07, 6.45) is 3.30. The van der Waals surface area contributed by atoms with Crippen LogP contribution in [0.2, 0.25) is 0 Å². The van der Waals surface area contributed by atoms with Crippen LogP contribution in [-0.4, -0.2) is 11.2 Å². The fraction of sp³-hybridized carbons (Fsp3) is 0.412. The van der Waals surface area contributed by atoms with Crippen LogP contribution in [0.25, 0.3) is 0 Å². The van der Waals surface area contributed by atoms with Gasteiger partial charge in [0.25, 0.3) is 0 Å². The maximum atomic E-state index is 5.51. The van der Waals surface area contributed by atoms with Crippen LogP contribution >= 0.6 is 0 Å². The number of hydrogen-bond acceptors (Lipinski definition) is 2. The second-order valence-corrected chi connectivity index (χ2v) is 4.96. The van der Waals surface area contributed by atoms with Crippen molar-refractivity contribution in [3.63, 3.8) is 0 Å². The zero-order valence-corrected chi connectivity index (χ0v) is 12.6. The molecule has 3 heteroatoms. The van der Waals surface area contributed by atoms with Gasteiger partial charge in [0.05, 0.1) is 13.2 Å². The SMILES string of the molecule is CCCn1cccc1CNc1ccc(OCC)cc1C. The number of aromatic nitrogens is 1. The first-order chi connectivity index (χ1) is 9.74. The normalized spacial score (nSPS) is 10.6. The third-order valence-electron chi connectivity index (χ3n) is 3.36. The molecule has 1 aromatic carbocycles. The first-order valence-corrected chi connectivity index (χ1v) is 7.36. The monoisotopic (exact) mass is 272 g/mol. The molecule has 1 aromatic heterocycles. The molecular formula is C17H24N2O. The molecular weight excluding hydrogens is 248 g/mol. The standard InChI is InChI=1S/C17H24N2O/c1-4-10-19-11-6-7-15(19)13-18-17-9-8-16(20-5-2)12-14(17)3/h6-9,11-12,18H,4-5,10,13H2,1-3H3. The molecule has 2 rings (SSSR count). The van der Waals surface area contributed by atoms with E-state index in [4.69, 9.17) is 4.74 Å². The van der Waals surface area contributed by atoms with Crippen LogP contribution in [0.15, 0.2) is 36.5 Å². The Morgan fingerprint density at radius 2 is 2.05 bits per heavy atom. The van der Waals surface area contributed by atoms with Crippen molar-refractivity contribution in [1.29, 1.82) is 0 Å². The highest BCUT2D eigenvalue weighted by atomic mass is 16.5. The van der Waals surface area contributed by atoms with Crippen molar-refractivity contribution < 1.29 is 4.74 Å². The van der Waals surface area contributed by atoms with Gasteiger partial charge in [0.15, 0.2) is 0 Å². The number of hydrogen-bond donors (Lipinski definition) is 1. The Morgan fingerprint density at radius 1 is 1.20 bits per heavy atom. The summed E-state index contributed by atoms with van der Waals surface area (Å²) in [6, 6.07) is 10.5. The van der Waals surface area contributed by atoms with Gasteiger partial charge in [0.2, 0.25) is 0 Å². The van der Waals surface area contributed by atoms with Crippen LogP contribution < -0.4 is 10.1 Å². The van der Waals surface area contributed by atoms with Crippen LogP contribution in [-0.2, 0) is 13.1 Å². The molecule has 0 aliphatic heterocycles. The van der Waals surface area contributed by atoms with E-state index in [9.17, 15) is 0 Å². The van der Waals surface area contributed by atoms with Gasteiger partial charge in [-0.05, 0) is 56.2 Å². The van der Waals surface area contributed by atoms with E-state index in [1.807, 2.05) is 13.0 Å². The molecule has 2 aromatic rings. The first-order valence-electron chi connectivity index (χ1n) is 7.36. The molecule has 0 unspecified atom stereocenters. The lowest BCUT2D eigenvalue weighted by Gasteiger charge is -2.13. The van der Waals surface area contributed by atoms with E-state index in [0.29, 0.717) is 6.61 Å². The molecule has 0 aliphatic rings. The van der Waals surface area contributed by atoms with Crippen LogP contribution in [0.3, 0.4) is 0 Å². The Labute approximate surface area is 121 Å². The highest BCUT2D eigenvalue weighted by Gasteiger charge is 2.03. The van der Waals surface area contributed by atoms with Crippen molar-refractivity contribution in [2.45, 2.75) is 40.3 Å². The first kappa shape index (κ1) is 14.5. The molecule has 0 radical (unpaired) electrons. The van der Waals surface area contributed by atoms with Crippen LogP contribution in [0.4, 0.5) is 5.69 Å². The molecule has 0 amide bonds. The van der Waals surface area contributed by atoms with E-state index in [-0.39, 0.29) is 0 Å². The van der Waals surface area contributed by atoms with Crippen molar-refractivity contribution in [3.05, 3.63) is 47.8 Å². The van der Waals surface area contributed by atoms with Gasteiger partial charge in [0.1, 0.15) is 5.75 Å². The lowest BCUT2D eigenvalue weighted by molar-refractivity contribution is 0.340. The molecule has 0 spiro atoms. The fourth-order valence-corrected chi connectivity index (χ4v) is 2.35. The lowest BCUT2D eigenvalue weighted by atomic mass is 10.2. The van der Waals surface area contributed by atoms with Gasteiger partial charge in [-0.25, -0.2) is 0 Å². The summed E-state index contributed by atoms with van der Waals surface area (Å²) in [7, 11) is 0. The summed E-state index contributed by atoms with van der Waals surface area (Å²) in [5.74, 6) is 0.935. The summed E-state index contributed by atoms with van der Waals surface area (Å²) < 4.78 is 7.81. The zero-order chi connectivity index (χ0) is 14.4. The van der Waals surface area contributed by atoms with Gasteiger partial charge in [-0.15, -0.1) is 0 Å². The van der Waals surface area contributed by atoms with Gasteiger partial charge >= 0.3 is 0 Å². The molecule has 3 nitrogen and oxygen atoms in total. The van der Waals surface area contributed by atoms with Crippen molar-refractivity contribution in [2.75, 3.05) is 11.9 Å². The van der Waals surface area contributed by atoms with Gasteiger partial charge < -0.3 is 14.6 Å². The minimum atomic E-state index is 0.705. The third-order valence-corrected chi connectivity index (χ3v) is 3.36. The molecule has 0 saturated carbocycles. The maximum absolute atomic E-state index is 5.51. The number of nitrogens with zero attached hydrogens (tertiary/aromatic N) is 1. The van der Waals surface area contributed by atoms with Crippen LogP contribution in [0.1, 0.15) is 31.5 Å². The highest BCUT2D eigenvalue weighted by molar-refractivity contribution is 5.53. The largest absolute Gasteiger partial charge is 0.494 e. The molecule has 0 fully saturated rings. The number of benzene rings is 1. The molecule has 1 heterocycles. The third kappa shape index (κ3) is 3.56. The number of aryl methyl sites for hydroxylation is 2. The molecule has 0 aliphatic carbocycles.